The molecule has 23 heavy (non-hydrogen) atoms. The third-order valence-corrected chi connectivity index (χ3v) is 3.60. The summed E-state index contributed by atoms with van der Waals surface area (Å²) in [6, 6.07) is 15.6. The summed E-state index contributed by atoms with van der Waals surface area (Å²) < 4.78 is 0. The van der Waals surface area contributed by atoms with Crippen molar-refractivity contribution in [3.63, 3.8) is 0 Å². The average molecular weight is 336 g/mol. The summed E-state index contributed by atoms with van der Waals surface area (Å²) in [5.74, 6) is 0.0523. The fourth-order valence-electron chi connectivity index (χ4n) is 2.29. The summed E-state index contributed by atoms with van der Waals surface area (Å²) in [5.41, 5.74) is 1.35. The van der Waals surface area contributed by atoms with E-state index < -0.39 is 6.10 Å². The second kappa shape index (κ2) is 9.30. The van der Waals surface area contributed by atoms with E-state index in [1.807, 2.05) is 37.3 Å². The third-order valence-electron chi connectivity index (χ3n) is 3.60. The fraction of sp³-hybridized carbons (Fsp3) is 0.278. The van der Waals surface area contributed by atoms with Crippen LogP contribution in [-0.2, 0) is 0 Å². The number of aliphatic hydroxyl groups excluding tert-OH is 1. The van der Waals surface area contributed by atoms with Gasteiger partial charge in [0.05, 0.1) is 6.10 Å². The van der Waals surface area contributed by atoms with Crippen molar-refractivity contribution < 1.29 is 15.0 Å². The van der Waals surface area contributed by atoms with Crippen molar-refractivity contribution in [2.45, 2.75) is 25.5 Å². The molecule has 3 N–H and O–H groups in total. The molecule has 0 spiro atoms. The van der Waals surface area contributed by atoms with Crippen LogP contribution in [0.4, 0.5) is 0 Å². The number of phenols is 1. The van der Waals surface area contributed by atoms with Gasteiger partial charge in [-0.1, -0.05) is 42.5 Å². The van der Waals surface area contributed by atoms with Crippen LogP contribution in [-0.4, -0.2) is 28.6 Å². The molecule has 2 atom stereocenters. The molecule has 5 heteroatoms. The predicted octanol–water partition coefficient (Wildman–Crippen LogP) is 3.10. The van der Waals surface area contributed by atoms with Crippen LogP contribution in [0.25, 0.3) is 0 Å². The number of hydrogen-bond donors (Lipinski definition) is 3. The number of hydrogen-bond acceptors (Lipinski definition) is 4. The number of aromatic hydroxyl groups is 1. The molecular weight excluding hydrogens is 314 g/mol. The maximum atomic E-state index is 12.0. The lowest BCUT2D eigenvalue weighted by Crippen LogP contribution is -2.33. The minimum Gasteiger partial charge on any atom is -0.508 e. The molecule has 0 aliphatic heterocycles. The quantitative estimate of drug-likeness (QED) is 0.680. The summed E-state index contributed by atoms with van der Waals surface area (Å²) in [4.78, 5) is 12.0. The fourth-order valence-corrected chi connectivity index (χ4v) is 2.29. The van der Waals surface area contributed by atoms with Crippen LogP contribution >= 0.6 is 12.4 Å². The van der Waals surface area contributed by atoms with Gasteiger partial charge in [0.2, 0.25) is 0 Å². The van der Waals surface area contributed by atoms with E-state index in [2.05, 4.69) is 5.32 Å². The second-order valence-electron chi connectivity index (χ2n) is 5.32. The number of carbonyl (C=O) groups is 1. The third kappa shape index (κ3) is 5.67. The molecule has 0 unspecified atom stereocenters. The normalized spacial score (nSPS) is 13.0. The zero-order valence-corrected chi connectivity index (χ0v) is 13.8. The molecule has 0 saturated carbocycles. The van der Waals surface area contributed by atoms with Gasteiger partial charge in [-0.25, -0.2) is 0 Å². The van der Waals surface area contributed by atoms with Gasteiger partial charge in [-0.3, -0.25) is 4.79 Å². The van der Waals surface area contributed by atoms with Crippen molar-refractivity contribution in [3.8, 4) is 5.75 Å². The molecule has 0 amide bonds. The maximum absolute atomic E-state index is 12.0. The average Bonchev–Trinajstić information content (AvgIpc) is 2.54. The number of rotatable bonds is 7. The van der Waals surface area contributed by atoms with Crippen LogP contribution in [0.1, 0.15) is 35.4 Å². The van der Waals surface area contributed by atoms with Crippen molar-refractivity contribution in [2.75, 3.05) is 6.54 Å². The van der Waals surface area contributed by atoms with E-state index in [1.54, 1.807) is 12.1 Å². The Balaban J connectivity index is 0.00000264. The van der Waals surface area contributed by atoms with Crippen LogP contribution in [0.2, 0.25) is 0 Å². The minimum absolute atomic E-state index is 0. The molecule has 0 radical (unpaired) electrons. The van der Waals surface area contributed by atoms with Gasteiger partial charge in [0.25, 0.3) is 0 Å². The van der Waals surface area contributed by atoms with E-state index in [1.165, 1.54) is 12.1 Å². The summed E-state index contributed by atoms with van der Waals surface area (Å²) in [6.07, 6.45) is -0.299. The molecule has 0 heterocycles. The monoisotopic (exact) mass is 335 g/mol. The van der Waals surface area contributed by atoms with E-state index in [0.29, 0.717) is 18.5 Å². The smallest absolute Gasteiger partial charge is 0.164 e. The predicted molar refractivity (Wildman–Crippen MR) is 93.2 cm³/mol. The number of Topliss-reactive ketones (excluding diaryl/α,β-unsaturated/α-hetero) is 1. The van der Waals surface area contributed by atoms with E-state index >= 15 is 0 Å². The van der Waals surface area contributed by atoms with Crippen LogP contribution < -0.4 is 5.32 Å². The lowest BCUT2D eigenvalue weighted by Gasteiger charge is -2.20. The Morgan fingerprint density at radius 3 is 2.48 bits per heavy atom. The van der Waals surface area contributed by atoms with Gasteiger partial charge >= 0.3 is 0 Å². The van der Waals surface area contributed by atoms with Gasteiger partial charge in [0.1, 0.15) is 5.75 Å². The van der Waals surface area contributed by atoms with E-state index in [4.69, 9.17) is 0 Å². The van der Waals surface area contributed by atoms with E-state index in [9.17, 15) is 15.0 Å². The highest BCUT2D eigenvalue weighted by Gasteiger charge is 2.16. The molecule has 0 aliphatic carbocycles. The van der Waals surface area contributed by atoms with Gasteiger partial charge < -0.3 is 15.5 Å². The Morgan fingerprint density at radius 1 is 1.13 bits per heavy atom. The molecule has 0 saturated heterocycles. The van der Waals surface area contributed by atoms with Gasteiger partial charge in [-0.15, -0.1) is 12.4 Å². The van der Waals surface area contributed by atoms with Crippen molar-refractivity contribution in [2.24, 2.45) is 0 Å². The molecule has 4 nitrogen and oxygen atoms in total. The molecule has 0 fully saturated rings. The maximum Gasteiger partial charge on any atom is 0.164 e. The number of benzene rings is 2. The van der Waals surface area contributed by atoms with Crippen LogP contribution in [0, 0.1) is 0 Å². The van der Waals surface area contributed by atoms with Gasteiger partial charge in [-0.05, 0) is 24.6 Å². The van der Waals surface area contributed by atoms with Gasteiger partial charge in [0.15, 0.2) is 5.78 Å². The molecule has 2 aromatic rings. The summed E-state index contributed by atoms with van der Waals surface area (Å²) in [6.45, 7) is 2.36. The topological polar surface area (TPSA) is 69.6 Å². The van der Waals surface area contributed by atoms with E-state index in [-0.39, 0.29) is 30.0 Å². The zero-order chi connectivity index (χ0) is 15.9. The van der Waals surface area contributed by atoms with Gasteiger partial charge in [-0.2, -0.15) is 0 Å². The van der Waals surface area contributed by atoms with Crippen molar-refractivity contribution in [3.05, 3.63) is 65.7 Å². The Hall–Kier alpha value is -1.88. The number of phenolic OH excluding ortho intramolecular Hbond substituents is 1. The standard InChI is InChI=1S/C18H21NO3.ClH/c1-13(18(22)14-6-3-2-4-7-14)19-11-10-17(21)15-8-5-9-16(20)12-15;/h2-9,12-13,18-20,22H,10-11H2,1H3;1H/t13-,18-;/m1./s1. The molecule has 0 aromatic heterocycles. The molecule has 2 rings (SSSR count). The summed E-state index contributed by atoms with van der Waals surface area (Å²) >= 11 is 0. The van der Waals surface area contributed by atoms with E-state index in [0.717, 1.165) is 5.56 Å². The highest BCUT2D eigenvalue weighted by Crippen LogP contribution is 2.16. The number of halogens is 1. The Morgan fingerprint density at radius 2 is 1.83 bits per heavy atom. The number of aliphatic hydroxyl groups is 1. The molecule has 124 valence electrons. The Labute approximate surface area is 142 Å². The minimum atomic E-state index is -0.614. The first-order valence-corrected chi connectivity index (χ1v) is 7.36. The summed E-state index contributed by atoms with van der Waals surface area (Å²) in [7, 11) is 0. The van der Waals surface area contributed by atoms with Crippen molar-refractivity contribution in [1.82, 2.24) is 5.32 Å². The van der Waals surface area contributed by atoms with Crippen LogP contribution in [0.15, 0.2) is 54.6 Å². The van der Waals surface area contributed by atoms with Crippen molar-refractivity contribution in [1.29, 1.82) is 0 Å². The summed E-state index contributed by atoms with van der Waals surface area (Å²) in [5, 5.41) is 22.8. The number of nitrogens with one attached hydrogen (secondary N) is 1. The first-order chi connectivity index (χ1) is 10.6. The second-order valence-corrected chi connectivity index (χ2v) is 5.32. The highest BCUT2D eigenvalue weighted by atomic mass is 35.5. The molecular formula is C18H22ClNO3. The molecule has 0 aliphatic rings. The highest BCUT2D eigenvalue weighted by molar-refractivity contribution is 5.96. The van der Waals surface area contributed by atoms with Crippen LogP contribution in [0.3, 0.4) is 0 Å². The van der Waals surface area contributed by atoms with Crippen molar-refractivity contribution >= 4 is 18.2 Å². The zero-order valence-electron chi connectivity index (χ0n) is 13.0. The molecule has 2 aromatic carbocycles. The first kappa shape index (κ1) is 19.2. The first-order valence-electron chi connectivity index (χ1n) is 7.36. The molecule has 0 bridgehead atoms. The van der Waals surface area contributed by atoms with Crippen LogP contribution in [0.5, 0.6) is 5.75 Å². The SMILES string of the molecule is C[C@@H](NCCC(=O)c1cccc(O)c1)[C@@H](O)c1ccccc1.Cl. The Kier molecular flexibility index (Phi) is 7.75. The lowest BCUT2D eigenvalue weighted by molar-refractivity contribution is 0.0971. The number of carbonyl (C=O) groups excluding carboxylic acids is 1. The largest absolute Gasteiger partial charge is 0.508 e. The number of ketones is 1. The lowest BCUT2D eigenvalue weighted by atomic mass is 10.0. The Bertz CT molecular complexity index is 619. The van der Waals surface area contributed by atoms with Gasteiger partial charge in [0, 0.05) is 24.6 Å².